The Labute approximate surface area is 113 Å². The SMILES string of the molecule is COc1ccc(C(O)c2ccc(Br)s2)cc1C. The Morgan fingerprint density at radius 1 is 1.29 bits per heavy atom. The van der Waals surface area contributed by atoms with Crippen LogP contribution in [0.2, 0.25) is 0 Å². The number of aliphatic hydroxyl groups excluding tert-OH is 1. The summed E-state index contributed by atoms with van der Waals surface area (Å²) in [5, 5.41) is 10.2. The molecule has 1 aromatic carbocycles. The zero-order valence-corrected chi connectivity index (χ0v) is 12.0. The summed E-state index contributed by atoms with van der Waals surface area (Å²) >= 11 is 4.94. The fourth-order valence-corrected chi connectivity index (χ4v) is 3.15. The van der Waals surface area contributed by atoms with Gasteiger partial charge >= 0.3 is 0 Å². The van der Waals surface area contributed by atoms with Crippen LogP contribution in [0.25, 0.3) is 0 Å². The number of thiophene rings is 1. The average molecular weight is 313 g/mol. The van der Waals surface area contributed by atoms with Crippen molar-refractivity contribution in [2.24, 2.45) is 0 Å². The first kappa shape index (κ1) is 12.6. The minimum absolute atomic E-state index is 0.573. The van der Waals surface area contributed by atoms with Crippen LogP contribution in [-0.4, -0.2) is 12.2 Å². The van der Waals surface area contributed by atoms with E-state index in [1.807, 2.05) is 37.3 Å². The number of aliphatic hydroxyl groups is 1. The number of hydrogen-bond donors (Lipinski definition) is 1. The molecule has 0 bridgehead atoms. The van der Waals surface area contributed by atoms with Crippen molar-refractivity contribution in [2.75, 3.05) is 7.11 Å². The quantitative estimate of drug-likeness (QED) is 0.931. The molecule has 17 heavy (non-hydrogen) atoms. The summed E-state index contributed by atoms with van der Waals surface area (Å²) in [6.45, 7) is 1.97. The molecule has 1 N–H and O–H groups in total. The summed E-state index contributed by atoms with van der Waals surface area (Å²) in [5.41, 5.74) is 1.91. The average Bonchev–Trinajstić information content (AvgIpc) is 2.75. The molecule has 4 heteroatoms. The largest absolute Gasteiger partial charge is 0.496 e. The van der Waals surface area contributed by atoms with Gasteiger partial charge in [-0.3, -0.25) is 0 Å². The topological polar surface area (TPSA) is 29.5 Å². The highest BCUT2D eigenvalue weighted by atomic mass is 79.9. The van der Waals surface area contributed by atoms with Crippen LogP contribution in [-0.2, 0) is 0 Å². The van der Waals surface area contributed by atoms with Crippen LogP contribution in [0.3, 0.4) is 0 Å². The summed E-state index contributed by atoms with van der Waals surface area (Å²) in [7, 11) is 1.65. The fourth-order valence-electron chi connectivity index (χ4n) is 1.71. The maximum Gasteiger partial charge on any atom is 0.121 e. The molecule has 0 aliphatic heterocycles. The molecule has 0 radical (unpaired) electrons. The summed E-state index contributed by atoms with van der Waals surface area (Å²) < 4.78 is 6.23. The number of benzene rings is 1. The third-order valence-corrected chi connectivity index (χ3v) is 4.27. The predicted octanol–water partition coefficient (Wildman–Crippen LogP) is 3.91. The molecule has 0 aliphatic carbocycles. The van der Waals surface area contributed by atoms with Crippen LogP contribution >= 0.6 is 27.3 Å². The maximum absolute atomic E-state index is 10.2. The first-order valence-electron chi connectivity index (χ1n) is 5.19. The van der Waals surface area contributed by atoms with Gasteiger partial charge in [-0.1, -0.05) is 6.07 Å². The lowest BCUT2D eigenvalue weighted by Gasteiger charge is -2.11. The number of methoxy groups -OCH3 is 1. The van der Waals surface area contributed by atoms with Crippen LogP contribution in [0.1, 0.15) is 22.1 Å². The minimum atomic E-state index is -0.573. The Morgan fingerprint density at radius 2 is 2.06 bits per heavy atom. The zero-order valence-electron chi connectivity index (χ0n) is 9.61. The molecule has 1 aromatic heterocycles. The van der Waals surface area contributed by atoms with E-state index >= 15 is 0 Å². The van der Waals surface area contributed by atoms with Crippen molar-refractivity contribution >= 4 is 27.3 Å². The summed E-state index contributed by atoms with van der Waals surface area (Å²) in [6.07, 6.45) is -0.573. The highest BCUT2D eigenvalue weighted by Crippen LogP contribution is 2.32. The molecule has 0 saturated carbocycles. The van der Waals surface area contributed by atoms with Crippen molar-refractivity contribution in [1.29, 1.82) is 0 Å². The highest BCUT2D eigenvalue weighted by Gasteiger charge is 2.13. The number of aryl methyl sites for hydroxylation is 1. The van der Waals surface area contributed by atoms with Gasteiger partial charge in [0.25, 0.3) is 0 Å². The molecule has 1 atom stereocenters. The Kier molecular flexibility index (Phi) is 3.86. The van der Waals surface area contributed by atoms with Crippen LogP contribution < -0.4 is 4.74 Å². The second kappa shape index (κ2) is 5.21. The molecule has 0 aliphatic rings. The highest BCUT2D eigenvalue weighted by molar-refractivity contribution is 9.11. The van der Waals surface area contributed by atoms with Gasteiger partial charge in [-0.15, -0.1) is 11.3 Å². The molecule has 0 spiro atoms. The standard InChI is InChI=1S/C13H13BrO2S/c1-8-7-9(3-4-10(8)16-2)13(15)11-5-6-12(14)17-11/h3-7,13,15H,1-2H3. The van der Waals surface area contributed by atoms with Gasteiger partial charge in [-0.25, -0.2) is 0 Å². The summed E-state index contributed by atoms with van der Waals surface area (Å²) in [4.78, 5) is 0.932. The van der Waals surface area contributed by atoms with Crippen LogP contribution in [0.5, 0.6) is 5.75 Å². The number of rotatable bonds is 3. The van der Waals surface area contributed by atoms with E-state index in [4.69, 9.17) is 4.74 Å². The second-order valence-corrected chi connectivity index (χ2v) is 6.27. The number of halogens is 1. The van der Waals surface area contributed by atoms with Gasteiger partial charge in [0.2, 0.25) is 0 Å². The second-order valence-electron chi connectivity index (χ2n) is 3.77. The van der Waals surface area contributed by atoms with E-state index in [0.29, 0.717) is 0 Å². The third-order valence-electron chi connectivity index (χ3n) is 2.60. The zero-order chi connectivity index (χ0) is 12.4. The molecule has 0 amide bonds. The molecular weight excluding hydrogens is 300 g/mol. The van der Waals surface area contributed by atoms with Crippen molar-refractivity contribution in [2.45, 2.75) is 13.0 Å². The molecule has 1 heterocycles. The lowest BCUT2D eigenvalue weighted by Crippen LogP contribution is -1.98. The molecule has 1 unspecified atom stereocenters. The van der Waals surface area contributed by atoms with Gasteiger partial charge < -0.3 is 9.84 Å². The molecule has 0 fully saturated rings. The summed E-state index contributed by atoms with van der Waals surface area (Å²) in [5.74, 6) is 0.841. The Morgan fingerprint density at radius 3 is 2.59 bits per heavy atom. The van der Waals surface area contributed by atoms with Crippen molar-refractivity contribution in [3.63, 3.8) is 0 Å². The van der Waals surface area contributed by atoms with E-state index < -0.39 is 6.10 Å². The smallest absolute Gasteiger partial charge is 0.121 e. The lowest BCUT2D eigenvalue weighted by atomic mass is 10.0. The van der Waals surface area contributed by atoms with Gasteiger partial charge in [0, 0.05) is 4.88 Å². The van der Waals surface area contributed by atoms with E-state index in [0.717, 1.165) is 25.5 Å². The predicted molar refractivity (Wildman–Crippen MR) is 73.8 cm³/mol. The maximum atomic E-state index is 10.2. The minimum Gasteiger partial charge on any atom is -0.496 e. The first-order valence-corrected chi connectivity index (χ1v) is 6.80. The van der Waals surface area contributed by atoms with Crippen molar-refractivity contribution in [1.82, 2.24) is 0 Å². The Bertz CT molecular complexity index is 522. The van der Waals surface area contributed by atoms with E-state index in [9.17, 15) is 5.11 Å². The number of hydrogen-bond acceptors (Lipinski definition) is 3. The normalized spacial score (nSPS) is 12.5. The lowest BCUT2D eigenvalue weighted by molar-refractivity contribution is 0.224. The molecule has 90 valence electrons. The van der Waals surface area contributed by atoms with Crippen LogP contribution in [0.4, 0.5) is 0 Å². The van der Waals surface area contributed by atoms with Crippen LogP contribution in [0.15, 0.2) is 34.1 Å². The van der Waals surface area contributed by atoms with Crippen molar-refractivity contribution in [3.05, 3.63) is 50.1 Å². The third kappa shape index (κ3) is 2.70. The molecule has 2 aromatic rings. The van der Waals surface area contributed by atoms with Gasteiger partial charge in [-0.2, -0.15) is 0 Å². The van der Waals surface area contributed by atoms with E-state index in [1.165, 1.54) is 0 Å². The molecular formula is C13H13BrO2S. The van der Waals surface area contributed by atoms with Gasteiger partial charge in [0.05, 0.1) is 10.9 Å². The van der Waals surface area contributed by atoms with E-state index in [-0.39, 0.29) is 0 Å². The molecule has 2 rings (SSSR count). The van der Waals surface area contributed by atoms with E-state index in [2.05, 4.69) is 15.9 Å². The fraction of sp³-hybridized carbons (Fsp3) is 0.231. The Balaban J connectivity index is 2.31. The van der Waals surface area contributed by atoms with Crippen molar-refractivity contribution in [3.8, 4) is 5.75 Å². The Hall–Kier alpha value is -0.840. The van der Waals surface area contributed by atoms with E-state index in [1.54, 1.807) is 18.4 Å². The van der Waals surface area contributed by atoms with Gasteiger partial charge in [0.15, 0.2) is 0 Å². The summed E-state index contributed by atoms with van der Waals surface area (Å²) in [6, 6.07) is 9.61. The van der Waals surface area contributed by atoms with Gasteiger partial charge in [-0.05, 0) is 58.2 Å². The first-order chi connectivity index (χ1) is 8.11. The van der Waals surface area contributed by atoms with Gasteiger partial charge in [0.1, 0.15) is 11.9 Å². The number of ether oxygens (including phenoxy) is 1. The van der Waals surface area contributed by atoms with Crippen LogP contribution in [0, 0.1) is 6.92 Å². The molecule has 2 nitrogen and oxygen atoms in total. The molecule has 0 saturated heterocycles. The monoisotopic (exact) mass is 312 g/mol. The van der Waals surface area contributed by atoms with Crippen molar-refractivity contribution < 1.29 is 9.84 Å².